The minimum atomic E-state index is -0.959. The number of aromatic carboxylic acids is 1. The molecule has 0 spiro atoms. The molecule has 2 rings (SSSR count). The molecule has 1 unspecified atom stereocenters. The minimum Gasteiger partial charge on any atom is -0.478 e. The first-order chi connectivity index (χ1) is 12.0. The smallest absolute Gasteiger partial charge is 0.407 e. The summed E-state index contributed by atoms with van der Waals surface area (Å²) in [5.41, 5.74) is 2.06. The van der Waals surface area contributed by atoms with Gasteiger partial charge in [-0.1, -0.05) is 56.3 Å². The van der Waals surface area contributed by atoms with Gasteiger partial charge in [-0.3, -0.25) is 0 Å². The fourth-order valence-corrected chi connectivity index (χ4v) is 2.61. The number of carboxylic acid groups (broad SMARTS) is 1. The third-order valence-electron chi connectivity index (χ3n) is 4.05. The van der Waals surface area contributed by atoms with Crippen LogP contribution in [0.4, 0.5) is 4.79 Å². The molecule has 0 bridgehead atoms. The van der Waals surface area contributed by atoms with Crippen LogP contribution in [-0.2, 0) is 11.3 Å². The standard InChI is InChI=1S/C20H23NO4/c1-14(2)18(16-9-6-10-17(11-16)19(22)23)12-21-20(24)25-13-15-7-4-3-5-8-15/h3-11,14,18H,12-13H2,1-2H3,(H,21,24)(H,22,23). The Bertz CT molecular complexity index is 713. The Hall–Kier alpha value is -2.82. The summed E-state index contributed by atoms with van der Waals surface area (Å²) in [7, 11) is 0. The van der Waals surface area contributed by atoms with Crippen LogP contribution in [0.3, 0.4) is 0 Å². The molecule has 0 aliphatic rings. The third kappa shape index (κ3) is 5.64. The molecule has 5 heteroatoms. The summed E-state index contributed by atoms with van der Waals surface area (Å²) in [6, 6.07) is 16.3. The molecular formula is C20H23NO4. The summed E-state index contributed by atoms with van der Waals surface area (Å²) in [5.74, 6) is -0.721. The Labute approximate surface area is 147 Å². The minimum absolute atomic E-state index is 0.00331. The molecule has 0 saturated heterocycles. The van der Waals surface area contributed by atoms with E-state index in [1.54, 1.807) is 18.2 Å². The third-order valence-corrected chi connectivity index (χ3v) is 4.05. The number of amides is 1. The lowest BCUT2D eigenvalue weighted by Gasteiger charge is -2.22. The maximum atomic E-state index is 11.9. The number of nitrogens with one attached hydrogen (secondary N) is 1. The molecule has 1 amide bonds. The van der Waals surface area contributed by atoms with Crippen molar-refractivity contribution < 1.29 is 19.4 Å². The number of rotatable bonds is 7. The van der Waals surface area contributed by atoms with Crippen molar-refractivity contribution >= 4 is 12.1 Å². The van der Waals surface area contributed by atoms with Gasteiger partial charge in [0, 0.05) is 12.5 Å². The number of hydrogen-bond donors (Lipinski definition) is 2. The van der Waals surface area contributed by atoms with Crippen LogP contribution in [0.1, 0.15) is 41.3 Å². The Morgan fingerprint density at radius 1 is 1.08 bits per heavy atom. The summed E-state index contributed by atoms with van der Waals surface area (Å²) in [6.45, 7) is 4.67. The van der Waals surface area contributed by atoms with E-state index >= 15 is 0 Å². The van der Waals surface area contributed by atoms with E-state index in [1.165, 1.54) is 0 Å². The van der Waals surface area contributed by atoms with E-state index in [4.69, 9.17) is 9.84 Å². The predicted molar refractivity (Wildman–Crippen MR) is 95.6 cm³/mol. The highest BCUT2D eigenvalue weighted by Gasteiger charge is 2.18. The molecule has 132 valence electrons. The van der Waals surface area contributed by atoms with Crippen molar-refractivity contribution in [2.24, 2.45) is 5.92 Å². The van der Waals surface area contributed by atoms with Gasteiger partial charge in [0.15, 0.2) is 0 Å². The Morgan fingerprint density at radius 2 is 1.80 bits per heavy atom. The van der Waals surface area contributed by atoms with Gasteiger partial charge in [-0.25, -0.2) is 9.59 Å². The number of hydrogen-bond acceptors (Lipinski definition) is 3. The normalized spacial score (nSPS) is 11.8. The van der Waals surface area contributed by atoms with Crippen LogP contribution in [0.15, 0.2) is 54.6 Å². The average molecular weight is 341 g/mol. The lowest BCUT2D eigenvalue weighted by Crippen LogP contribution is -2.30. The molecule has 2 aromatic carbocycles. The molecule has 1 atom stereocenters. The van der Waals surface area contributed by atoms with Gasteiger partial charge in [0.25, 0.3) is 0 Å². The number of carbonyl (C=O) groups is 2. The van der Waals surface area contributed by atoms with Crippen molar-refractivity contribution in [1.29, 1.82) is 0 Å². The van der Waals surface area contributed by atoms with Crippen molar-refractivity contribution in [2.45, 2.75) is 26.4 Å². The lowest BCUT2D eigenvalue weighted by atomic mass is 9.87. The van der Waals surface area contributed by atoms with Crippen LogP contribution in [0.2, 0.25) is 0 Å². The second-order valence-electron chi connectivity index (χ2n) is 6.22. The zero-order valence-electron chi connectivity index (χ0n) is 14.4. The first-order valence-corrected chi connectivity index (χ1v) is 8.25. The zero-order chi connectivity index (χ0) is 18.2. The van der Waals surface area contributed by atoms with E-state index in [-0.39, 0.29) is 24.0 Å². The SMILES string of the molecule is CC(C)C(CNC(=O)OCc1ccccc1)c1cccc(C(=O)O)c1. The molecule has 25 heavy (non-hydrogen) atoms. The second kappa shape index (κ2) is 8.87. The number of carboxylic acids is 1. The molecule has 2 N–H and O–H groups in total. The largest absolute Gasteiger partial charge is 0.478 e. The van der Waals surface area contributed by atoms with Gasteiger partial charge in [-0.05, 0) is 29.2 Å². The summed E-state index contributed by atoms with van der Waals surface area (Å²) in [5, 5.41) is 11.9. The van der Waals surface area contributed by atoms with Gasteiger partial charge in [-0.2, -0.15) is 0 Å². The zero-order valence-corrected chi connectivity index (χ0v) is 14.4. The van der Waals surface area contributed by atoms with Crippen LogP contribution in [-0.4, -0.2) is 23.7 Å². The molecule has 0 saturated carbocycles. The molecule has 0 radical (unpaired) electrons. The summed E-state index contributed by atoms with van der Waals surface area (Å²) in [4.78, 5) is 23.1. The Balaban J connectivity index is 1.94. The number of carbonyl (C=O) groups excluding carboxylic acids is 1. The van der Waals surface area contributed by atoms with Gasteiger partial charge in [-0.15, -0.1) is 0 Å². The van der Waals surface area contributed by atoms with Crippen molar-refractivity contribution in [3.05, 3.63) is 71.3 Å². The quantitative estimate of drug-likeness (QED) is 0.796. The van der Waals surface area contributed by atoms with E-state index < -0.39 is 12.1 Å². The molecule has 0 aliphatic heterocycles. The second-order valence-corrected chi connectivity index (χ2v) is 6.22. The van der Waals surface area contributed by atoms with Crippen LogP contribution in [0, 0.1) is 5.92 Å². The summed E-state index contributed by atoms with van der Waals surface area (Å²) >= 11 is 0. The highest BCUT2D eigenvalue weighted by Crippen LogP contribution is 2.24. The molecule has 2 aromatic rings. The topological polar surface area (TPSA) is 75.6 Å². The molecule has 0 aromatic heterocycles. The Morgan fingerprint density at radius 3 is 2.44 bits per heavy atom. The van der Waals surface area contributed by atoms with Gasteiger partial charge < -0.3 is 15.2 Å². The molecule has 0 heterocycles. The average Bonchev–Trinajstić information content (AvgIpc) is 2.61. The summed E-state index contributed by atoms with van der Waals surface area (Å²) < 4.78 is 5.21. The van der Waals surface area contributed by atoms with E-state index in [9.17, 15) is 9.59 Å². The molecular weight excluding hydrogens is 318 g/mol. The lowest BCUT2D eigenvalue weighted by molar-refractivity contribution is 0.0696. The molecule has 0 aliphatic carbocycles. The maximum Gasteiger partial charge on any atom is 0.407 e. The first kappa shape index (κ1) is 18.5. The molecule has 5 nitrogen and oxygen atoms in total. The first-order valence-electron chi connectivity index (χ1n) is 8.25. The fraction of sp³-hybridized carbons (Fsp3) is 0.300. The number of benzene rings is 2. The fourth-order valence-electron chi connectivity index (χ4n) is 2.61. The van der Waals surface area contributed by atoms with Gasteiger partial charge >= 0.3 is 12.1 Å². The van der Waals surface area contributed by atoms with Crippen LogP contribution in [0.5, 0.6) is 0 Å². The molecule has 0 fully saturated rings. The van der Waals surface area contributed by atoms with Crippen molar-refractivity contribution in [3.63, 3.8) is 0 Å². The van der Waals surface area contributed by atoms with Crippen molar-refractivity contribution in [3.8, 4) is 0 Å². The van der Waals surface area contributed by atoms with Gasteiger partial charge in [0.1, 0.15) is 6.61 Å². The van der Waals surface area contributed by atoms with Crippen molar-refractivity contribution in [1.82, 2.24) is 5.32 Å². The highest BCUT2D eigenvalue weighted by molar-refractivity contribution is 5.87. The van der Waals surface area contributed by atoms with E-state index in [1.807, 2.05) is 50.2 Å². The van der Waals surface area contributed by atoms with Crippen LogP contribution in [0.25, 0.3) is 0 Å². The van der Waals surface area contributed by atoms with E-state index in [2.05, 4.69) is 5.32 Å². The number of ether oxygens (including phenoxy) is 1. The van der Waals surface area contributed by atoms with E-state index in [0.717, 1.165) is 11.1 Å². The maximum absolute atomic E-state index is 11.9. The highest BCUT2D eigenvalue weighted by atomic mass is 16.5. The summed E-state index contributed by atoms with van der Waals surface area (Å²) in [6.07, 6.45) is -0.483. The monoisotopic (exact) mass is 341 g/mol. The van der Waals surface area contributed by atoms with Crippen LogP contribution >= 0.6 is 0 Å². The van der Waals surface area contributed by atoms with Gasteiger partial charge in [0.2, 0.25) is 0 Å². The van der Waals surface area contributed by atoms with Crippen LogP contribution < -0.4 is 5.32 Å². The number of alkyl carbamates (subject to hydrolysis) is 1. The van der Waals surface area contributed by atoms with Crippen molar-refractivity contribution in [2.75, 3.05) is 6.54 Å². The predicted octanol–water partition coefficient (Wildman–Crippen LogP) is 4.05. The van der Waals surface area contributed by atoms with E-state index in [0.29, 0.717) is 6.54 Å². The Kier molecular flexibility index (Phi) is 6.57. The van der Waals surface area contributed by atoms with Gasteiger partial charge in [0.05, 0.1) is 5.56 Å².